The van der Waals surface area contributed by atoms with E-state index in [0.29, 0.717) is 11.6 Å². The van der Waals surface area contributed by atoms with Gasteiger partial charge in [0.15, 0.2) is 0 Å². The van der Waals surface area contributed by atoms with Gasteiger partial charge in [0.25, 0.3) is 0 Å². The maximum absolute atomic E-state index is 13.2. The molecule has 19 heavy (non-hydrogen) atoms. The molecular weight excluding hydrogens is 267 g/mol. The number of nitrogens with zero attached hydrogens (tertiary/aromatic N) is 2. The van der Waals surface area contributed by atoms with Crippen LogP contribution in [0.2, 0.25) is 5.02 Å². The quantitative estimate of drug-likeness (QED) is 0.681. The van der Waals surface area contributed by atoms with Crippen LogP contribution >= 0.6 is 11.6 Å². The number of halogens is 2. The summed E-state index contributed by atoms with van der Waals surface area (Å²) in [7, 11) is 0. The molecular formula is C14H18ClFN2O. The van der Waals surface area contributed by atoms with E-state index < -0.39 is 0 Å². The standard InChI is InChI=1S/C14H18ClFN2O/c1-2-10-8-18(6-5-14(10)17-19)9-11-7-12(16)3-4-13(11)15/h3-4,7,10,19H,2,5-6,8-9H2,1H3/b17-14+. The van der Waals surface area contributed by atoms with Crippen LogP contribution in [0, 0.1) is 11.7 Å². The molecule has 0 aliphatic carbocycles. The lowest BCUT2D eigenvalue weighted by Gasteiger charge is -2.32. The Kier molecular flexibility index (Phi) is 4.77. The van der Waals surface area contributed by atoms with Gasteiger partial charge in [-0.05, 0) is 30.2 Å². The van der Waals surface area contributed by atoms with E-state index in [1.54, 1.807) is 6.07 Å². The molecule has 0 spiro atoms. The van der Waals surface area contributed by atoms with E-state index in [-0.39, 0.29) is 11.7 Å². The summed E-state index contributed by atoms with van der Waals surface area (Å²) >= 11 is 6.08. The fraction of sp³-hybridized carbons (Fsp3) is 0.500. The van der Waals surface area contributed by atoms with Crippen molar-refractivity contribution >= 4 is 17.3 Å². The van der Waals surface area contributed by atoms with E-state index in [1.807, 2.05) is 0 Å². The normalized spacial score (nSPS) is 22.9. The third-order valence-corrected chi connectivity index (χ3v) is 4.03. The van der Waals surface area contributed by atoms with Crippen molar-refractivity contribution in [1.82, 2.24) is 4.90 Å². The highest BCUT2D eigenvalue weighted by Crippen LogP contribution is 2.23. The Hall–Kier alpha value is -1.13. The monoisotopic (exact) mass is 284 g/mol. The van der Waals surface area contributed by atoms with Crippen LogP contribution < -0.4 is 0 Å². The highest BCUT2D eigenvalue weighted by molar-refractivity contribution is 6.31. The molecule has 1 N–H and O–H groups in total. The molecule has 0 saturated carbocycles. The number of piperidine rings is 1. The second kappa shape index (κ2) is 6.35. The Morgan fingerprint density at radius 1 is 1.53 bits per heavy atom. The molecule has 0 amide bonds. The van der Waals surface area contributed by atoms with Crippen LogP contribution in [-0.2, 0) is 6.54 Å². The molecule has 1 saturated heterocycles. The van der Waals surface area contributed by atoms with Gasteiger partial charge in [-0.3, -0.25) is 4.90 Å². The second-order valence-electron chi connectivity index (χ2n) is 4.92. The summed E-state index contributed by atoms with van der Waals surface area (Å²) < 4.78 is 13.2. The minimum Gasteiger partial charge on any atom is -0.411 e. The molecule has 3 nitrogen and oxygen atoms in total. The molecule has 1 aliphatic rings. The van der Waals surface area contributed by atoms with Crippen LogP contribution in [0.15, 0.2) is 23.4 Å². The number of hydrogen-bond donors (Lipinski definition) is 1. The van der Waals surface area contributed by atoms with E-state index in [9.17, 15) is 4.39 Å². The molecule has 1 fully saturated rings. The number of benzene rings is 1. The maximum Gasteiger partial charge on any atom is 0.123 e. The zero-order valence-electron chi connectivity index (χ0n) is 10.9. The van der Waals surface area contributed by atoms with Gasteiger partial charge >= 0.3 is 0 Å². The van der Waals surface area contributed by atoms with Gasteiger partial charge < -0.3 is 5.21 Å². The Morgan fingerprint density at radius 2 is 2.32 bits per heavy atom. The number of hydrogen-bond acceptors (Lipinski definition) is 3. The van der Waals surface area contributed by atoms with Gasteiger partial charge in [0.1, 0.15) is 5.82 Å². The van der Waals surface area contributed by atoms with Crippen molar-refractivity contribution in [3.63, 3.8) is 0 Å². The zero-order chi connectivity index (χ0) is 13.8. The molecule has 1 unspecified atom stereocenters. The van der Waals surface area contributed by atoms with Gasteiger partial charge in [-0.25, -0.2) is 4.39 Å². The largest absolute Gasteiger partial charge is 0.411 e. The van der Waals surface area contributed by atoms with E-state index in [2.05, 4.69) is 17.0 Å². The molecule has 1 aliphatic heterocycles. The van der Waals surface area contributed by atoms with Crippen LogP contribution in [0.5, 0.6) is 0 Å². The molecule has 0 aromatic heterocycles. The number of rotatable bonds is 3. The summed E-state index contributed by atoms with van der Waals surface area (Å²) in [5.74, 6) is 0.00662. The van der Waals surface area contributed by atoms with Crippen LogP contribution in [0.1, 0.15) is 25.3 Å². The number of oxime groups is 1. The molecule has 5 heteroatoms. The molecule has 0 bridgehead atoms. The molecule has 1 heterocycles. The first-order valence-electron chi connectivity index (χ1n) is 6.51. The van der Waals surface area contributed by atoms with E-state index >= 15 is 0 Å². The lowest BCUT2D eigenvalue weighted by Crippen LogP contribution is -2.40. The lowest BCUT2D eigenvalue weighted by molar-refractivity contribution is 0.220. The van der Waals surface area contributed by atoms with Crippen molar-refractivity contribution in [1.29, 1.82) is 0 Å². The first kappa shape index (κ1) is 14.3. The van der Waals surface area contributed by atoms with Crippen LogP contribution in [0.4, 0.5) is 4.39 Å². The molecule has 0 radical (unpaired) electrons. The Balaban J connectivity index is 2.06. The summed E-state index contributed by atoms with van der Waals surface area (Å²) in [6, 6.07) is 4.44. The predicted octanol–water partition coefficient (Wildman–Crippen LogP) is 3.54. The first-order valence-corrected chi connectivity index (χ1v) is 6.89. The Labute approximate surface area is 117 Å². The van der Waals surface area contributed by atoms with Crippen LogP contribution in [0.25, 0.3) is 0 Å². The van der Waals surface area contributed by atoms with Crippen molar-refractivity contribution in [3.05, 3.63) is 34.6 Å². The van der Waals surface area contributed by atoms with E-state index in [4.69, 9.17) is 16.8 Å². The van der Waals surface area contributed by atoms with Crippen molar-refractivity contribution in [2.24, 2.45) is 11.1 Å². The average Bonchev–Trinajstić information content (AvgIpc) is 2.42. The smallest absolute Gasteiger partial charge is 0.123 e. The first-order chi connectivity index (χ1) is 9.13. The van der Waals surface area contributed by atoms with Gasteiger partial charge in [0, 0.05) is 37.0 Å². The molecule has 1 atom stereocenters. The summed E-state index contributed by atoms with van der Waals surface area (Å²) in [6.07, 6.45) is 1.69. The average molecular weight is 285 g/mol. The second-order valence-corrected chi connectivity index (χ2v) is 5.32. The predicted molar refractivity (Wildman–Crippen MR) is 74.3 cm³/mol. The van der Waals surface area contributed by atoms with Crippen molar-refractivity contribution in [2.75, 3.05) is 13.1 Å². The molecule has 1 aromatic carbocycles. The fourth-order valence-electron chi connectivity index (χ4n) is 2.53. The van der Waals surface area contributed by atoms with Gasteiger partial charge in [0.2, 0.25) is 0 Å². The van der Waals surface area contributed by atoms with Gasteiger partial charge in [-0.2, -0.15) is 0 Å². The van der Waals surface area contributed by atoms with Gasteiger partial charge in [-0.1, -0.05) is 23.7 Å². The zero-order valence-corrected chi connectivity index (χ0v) is 11.7. The van der Waals surface area contributed by atoms with Gasteiger partial charge in [-0.15, -0.1) is 0 Å². The number of likely N-dealkylation sites (tertiary alicyclic amines) is 1. The highest BCUT2D eigenvalue weighted by atomic mass is 35.5. The SMILES string of the molecule is CCC1CN(Cc2cc(F)ccc2Cl)CC/C1=N\O. The van der Waals surface area contributed by atoms with E-state index in [1.165, 1.54) is 12.1 Å². The summed E-state index contributed by atoms with van der Waals surface area (Å²) in [6.45, 7) is 4.34. The van der Waals surface area contributed by atoms with E-state index in [0.717, 1.165) is 37.2 Å². The van der Waals surface area contributed by atoms with Crippen molar-refractivity contribution in [2.45, 2.75) is 26.3 Å². The van der Waals surface area contributed by atoms with Crippen LogP contribution in [0.3, 0.4) is 0 Å². The molecule has 104 valence electrons. The summed E-state index contributed by atoms with van der Waals surface area (Å²) in [5, 5.41) is 12.9. The Bertz CT molecular complexity index is 479. The fourth-order valence-corrected chi connectivity index (χ4v) is 2.71. The Morgan fingerprint density at radius 3 is 3.00 bits per heavy atom. The van der Waals surface area contributed by atoms with Crippen molar-refractivity contribution < 1.29 is 9.60 Å². The summed E-state index contributed by atoms with van der Waals surface area (Å²) in [5.41, 5.74) is 1.67. The third-order valence-electron chi connectivity index (χ3n) is 3.66. The topological polar surface area (TPSA) is 35.8 Å². The van der Waals surface area contributed by atoms with Gasteiger partial charge in [0.05, 0.1) is 5.71 Å². The van der Waals surface area contributed by atoms with Crippen LogP contribution in [-0.4, -0.2) is 28.9 Å². The van der Waals surface area contributed by atoms with Crippen molar-refractivity contribution in [3.8, 4) is 0 Å². The lowest BCUT2D eigenvalue weighted by atomic mass is 9.93. The summed E-state index contributed by atoms with van der Waals surface area (Å²) in [4.78, 5) is 2.23. The minimum absolute atomic E-state index is 0.263. The highest BCUT2D eigenvalue weighted by Gasteiger charge is 2.25. The molecule has 2 rings (SSSR count). The molecule has 1 aromatic rings. The third kappa shape index (κ3) is 3.45. The maximum atomic E-state index is 13.2. The minimum atomic E-state index is -0.263.